The van der Waals surface area contributed by atoms with Crippen LogP contribution in [0.4, 0.5) is 5.69 Å². The van der Waals surface area contributed by atoms with Crippen LogP contribution >= 0.6 is 0 Å². The van der Waals surface area contributed by atoms with Gasteiger partial charge in [0.2, 0.25) is 0 Å². The number of rotatable bonds is 9. The zero-order valence-electron chi connectivity index (χ0n) is 19.7. The van der Waals surface area contributed by atoms with Gasteiger partial charge in [-0.25, -0.2) is 0 Å². The number of nitrogens with zero attached hydrogens (tertiary/aromatic N) is 2. The first-order chi connectivity index (χ1) is 16.3. The molecule has 0 saturated carbocycles. The Hall–Kier alpha value is -4.09. The summed E-state index contributed by atoms with van der Waals surface area (Å²) in [7, 11) is 1.66. The molecule has 2 N–H and O–H groups in total. The van der Waals surface area contributed by atoms with Gasteiger partial charge in [-0.05, 0) is 68.3 Å². The fourth-order valence-electron chi connectivity index (χ4n) is 3.83. The van der Waals surface area contributed by atoms with Gasteiger partial charge in [-0.15, -0.1) is 0 Å². The van der Waals surface area contributed by atoms with Gasteiger partial charge in [-0.3, -0.25) is 9.59 Å². The minimum absolute atomic E-state index is 0.0296. The molecule has 2 heterocycles. The number of hydrogen-bond donors (Lipinski definition) is 2. The third-order valence-electron chi connectivity index (χ3n) is 5.45. The second-order valence-electron chi connectivity index (χ2n) is 7.98. The Kier molecular flexibility index (Phi) is 8.06. The number of ether oxygens (including phenoxy) is 1. The van der Waals surface area contributed by atoms with Crippen molar-refractivity contribution >= 4 is 23.6 Å². The molecule has 0 aliphatic heterocycles. The van der Waals surface area contributed by atoms with Crippen molar-refractivity contribution in [2.24, 2.45) is 0 Å². The van der Waals surface area contributed by atoms with Crippen LogP contribution in [0.25, 0.3) is 6.08 Å². The summed E-state index contributed by atoms with van der Waals surface area (Å²) in [4.78, 5) is 24.7. The molecule has 3 aromatic rings. The molecule has 0 radical (unpaired) electrons. The molecule has 1 unspecified atom stereocenters. The maximum absolute atomic E-state index is 12.6. The van der Waals surface area contributed by atoms with Crippen molar-refractivity contribution in [2.75, 3.05) is 19.0 Å². The van der Waals surface area contributed by atoms with Crippen LogP contribution in [-0.4, -0.2) is 30.1 Å². The van der Waals surface area contributed by atoms with E-state index >= 15 is 0 Å². The fourth-order valence-corrected chi connectivity index (χ4v) is 3.83. The van der Waals surface area contributed by atoms with Gasteiger partial charge >= 0.3 is 0 Å². The van der Waals surface area contributed by atoms with Crippen LogP contribution in [0, 0.1) is 25.2 Å². The first kappa shape index (κ1) is 24.6. The SMILES string of the molecule is COCC(C)n1c(C)cc(/C=C(\C#N)C(=O)NCc2ccc(NC(=O)c3ccco3)cc2)c1C. The van der Waals surface area contributed by atoms with Crippen molar-refractivity contribution in [3.05, 3.63) is 82.6 Å². The molecule has 0 spiro atoms. The summed E-state index contributed by atoms with van der Waals surface area (Å²) < 4.78 is 12.5. The smallest absolute Gasteiger partial charge is 0.291 e. The second kappa shape index (κ2) is 11.2. The number of aryl methyl sites for hydroxylation is 1. The van der Waals surface area contributed by atoms with Crippen LogP contribution in [-0.2, 0) is 16.1 Å². The van der Waals surface area contributed by atoms with Gasteiger partial charge in [0.05, 0.1) is 18.9 Å². The summed E-state index contributed by atoms with van der Waals surface area (Å²) in [6.45, 7) is 6.82. The van der Waals surface area contributed by atoms with E-state index in [4.69, 9.17) is 9.15 Å². The van der Waals surface area contributed by atoms with Gasteiger partial charge in [0, 0.05) is 30.7 Å². The summed E-state index contributed by atoms with van der Waals surface area (Å²) in [5.41, 5.74) is 4.28. The summed E-state index contributed by atoms with van der Waals surface area (Å²) in [6.07, 6.45) is 3.05. The number of nitriles is 1. The van der Waals surface area contributed by atoms with Crippen LogP contribution in [0.2, 0.25) is 0 Å². The number of carbonyl (C=O) groups is 2. The number of amides is 2. The standard InChI is InChI=1S/C26H28N4O4/c1-17-12-21(19(3)30(17)18(2)16-33-4)13-22(14-27)25(31)28-15-20-7-9-23(10-8-20)29-26(32)24-6-5-11-34-24/h5-13,18H,15-16H2,1-4H3,(H,28,31)(H,29,32)/b22-13+. The minimum Gasteiger partial charge on any atom is -0.459 e. The fraction of sp³-hybridized carbons (Fsp3) is 0.269. The molecule has 0 aliphatic carbocycles. The summed E-state index contributed by atoms with van der Waals surface area (Å²) in [5, 5.41) is 15.1. The number of hydrogen-bond acceptors (Lipinski definition) is 5. The van der Waals surface area contributed by atoms with Crippen LogP contribution in [0.5, 0.6) is 0 Å². The first-order valence-electron chi connectivity index (χ1n) is 10.8. The molecule has 8 heteroatoms. The highest BCUT2D eigenvalue weighted by Gasteiger charge is 2.16. The summed E-state index contributed by atoms with van der Waals surface area (Å²) >= 11 is 0. The molecule has 2 aromatic heterocycles. The normalized spacial score (nSPS) is 12.1. The number of nitrogens with one attached hydrogen (secondary N) is 2. The van der Waals surface area contributed by atoms with E-state index in [1.165, 1.54) is 6.26 Å². The number of carbonyl (C=O) groups excluding carboxylic acids is 2. The van der Waals surface area contributed by atoms with E-state index in [0.29, 0.717) is 12.3 Å². The Labute approximate surface area is 198 Å². The lowest BCUT2D eigenvalue weighted by Crippen LogP contribution is -2.24. The molecule has 2 amide bonds. The predicted molar refractivity (Wildman–Crippen MR) is 129 cm³/mol. The van der Waals surface area contributed by atoms with Gasteiger partial charge in [-0.2, -0.15) is 5.26 Å². The number of aromatic nitrogens is 1. The third-order valence-corrected chi connectivity index (χ3v) is 5.45. The van der Waals surface area contributed by atoms with Crippen molar-refractivity contribution in [1.29, 1.82) is 5.26 Å². The predicted octanol–water partition coefficient (Wildman–Crippen LogP) is 4.38. The lowest BCUT2D eigenvalue weighted by molar-refractivity contribution is -0.117. The van der Waals surface area contributed by atoms with Crippen molar-refractivity contribution in [3.8, 4) is 6.07 Å². The van der Waals surface area contributed by atoms with Gasteiger partial charge in [0.15, 0.2) is 5.76 Å². The van der Waals surface area contributed by atoms with E-state index in [9.17, 15) is 14.9 Å². The zero-order valence-corrected chi connectivity index (χ0v) is 19.7. The van der Waals surface area contributed by atoms with E-state index in [1.54, 1.807) is 49.6 Å². The monoisotopic (exact) mass is 460 g/mol. The molecule has 0 fully saturated rings. The number of benzene rings is 1. The molecule has 0 bridgehead atoms. The Morgan fingerprint density at radius 3 is 2.59 bits per heavy atom. The molecular formula is C26H28N4O4. The van der Waals surface area contributed by atoms with E-state index in [2.05, 4.69) is 22.1 Å². The highest BCUT2D eigenvalue weighted by atomic mass is 16.5. The van der Waals surface area contributed by atoms with Crippen LogP contribution in [0.1, 0.15) is 46.0 Å². The maximum Gasteiger partial charge on any atom is 0.291 e. The van der Waals surface area contributed by atoms with Crippen molar-refractivity contribution < 1.29 is 18.7 Å². The van der Waals surface area contributed by atoms with E-state index < -0.39 is 5.91 Å². The quantitative estimate of drug-likeness (QED) is 0.364. The molecule has 3 rings (SSSR count). The lowest BCUT2D eigenvalue weighted by Gasteiger charge is -2.17. The number of anilines is 1. The minimum atomic E-state index is -0.451. The molecule has 34 heavy (non-hydrogen) atoms. The van der Waals surface area contributed by atoms with Gasteiger partial charge in [0.25, 0.3) is 11.8 Å². The maximum atomic E-state index is 12.6. The zero-order chi connectivity index (χ0) is 24.7. The number of furan rings is 1. The molecule has 1 atom stereocenters. The van der Waals surface area contributed by atoms with Gasteiger partial charge in [0.1, 0.15) is 11.6 Å². The Morgan fingerprint density at radius 1 is 1.24 bits per heavy atom. The molecule has 1 aromatic carbocycles. The molecule has 0 saturated heterocycles. The topological polar surface area (TPSA) is 109 Å². The van der Waals surface area contributed by atoms with E-state index in [0.717, 1.165) is 22.5 Å². The lowest BCUT2D eigenvalue weighted by atomic mass is 10.1. The Bertz CT molecular complexity index is 1210. The Balaban J connectivity index is 1.63. The van der Waals surface area contributed by atoms with Crippen LogP contribution in [0.3, 0.4) is 0 Å². The second-order valence-corrected chi connectivity index (χ2v) is 7.98. The highest BCUT2D eigenvalue weighted by Crippen LogP contribution is 2.23. The highest BCUT2D eigenvalue weighted by molar-refractivity contribution is 6.02. The molecular weight excluding hydrogens is 432 g/mol. The van der Waals surface area contributed by atoms with Crippen molar-refractivity contribution in [1.82, 2.24) is 9.88 Å². The molecule has 8 nitrogen and oxygen atoms in total. The Morgan fingerprint density at radius 2 is 1.97 bits per heavy atom. The van der Waals surface area contributed by atoms with E-state index in [-0.39, 0.29) is 29.8 Å². The number of methoxy groups -OCH3 is 1. The van der Waals surface area contributed by atoms with Crippen LogP contribution < -0.4 is 10.6 Å². The van der Waals surface area contributed by atoms with Gasteiger partial charge in [-0.1, -0.05) is 12.1 Å². The summed E-state index contributed by atoms with van der Waals surface area (Å²) in [6, 6.07) is 14.4. The molecule has 176 valence electrons. The van der Waals surface area contributed by atoms with Crippen LogP contribution in [0.15, 0.2) is 58.7 Å². The third kappa shape index (κ3) is 5.82. The summed E-state index contributed by atoms with van der Waals surface area (Å²) in [5.74, 6) is -0.570. The average molecular weight is 461 g/mol. The largest absolute Gasteiger partial charge is 0.459 e. The van der Waals surface area contributed by atoms with E-state index in [1.807, 2.05) is 26.0 Å². The van der Waals surface area contributed by atoms with Gasteiger partial charge < -0.3 is 24.4 Å². The van der Waals surface area contributed by atoms with Crippen molar-refractivity contribution in [2.45, 2.75) is 33.4 Å². The molecule has 0 aliphatic rings. The van der Waals surface area contributed by atoms with Crippen molar-refractivity contribution in [3.63, 3.8) is 0 Å². The average Bonchev–Trinajstić information content (AvgIpc) is 3.45. The first-order valence-corrected chi connectivity index (χ1v) is 10.8.